The van der Waals surface area contributed by atoms with Gasteiger partial charge in [-0.2, -0.15) is 18.3 Å². The molecule has 55 heavy (non-hydrogen) atoms. The molecule has 1 saturated carbocycles. The first-order valence-electron chi connectivity index (χ1n) is 18.1. The summed E-state index contributed by atoms with van der Waals surface area (Å²) in [6.45, 7) is 3.75. The SMILES string of the molecule is CC1(C)Cc2c(c(C(F)(F)F)nn2-c2ccc(C(N)=O)c(NC3CCC(OC(=O)Nc4cccc5c4CN(C4CCC(=O)NC4=O)C5=O)CC3)c2)CC1C=O. The number of carbonyl (C=O) groups excluding carboxylic acids is 6. The van der Waals surface area contributed by atoms with Crippen LogP contribution in [0.1, 0.15) is 95.6 Å². The number of nitrogens with one attached hydrogen (secondary N) is 3. The van der Waals surface area contributed by atoms with Gasteiger partial charge in [-0.1, -0.05) is 19.9 Å². The van der Waals surface area contributed by atoms with Crippen LogP contribution in [0.3, 0.4) is 0 Å². The van der Waals surface area contributed by atoms with Crippen molar-refractivity contribution in [3.05, 3.63) is 70.0 Å². The van der Waals surface area contributed by atoms with Crippen molar-refractivity contribution < 1.29 is 46.7 Å². The molecule has 2 fully saturated rings. The third kappa shape index (κ3) is 7.26. The average molecular weight is 764 g/mol. The second-order valence-electron chi connectivity index (χ2n) is 15.3. The normalized spacial score (nSPS) is 23.4. The van der Waals surface area contributed by atoms with Crippen molar-refractivity contribution >= 4 is 47.4 Å². The Morgan fingerprint density at radius 3 is 2.45 bits per heavy atom. The molecule has 2 aliphatic heterocycles. The lowest BCUT2D eigenvalue weighted by Gasteiger charge is -2.35. The Bertz CT molecular complexity index is 2110. The van der Waals surface area contributed by atoms with Crippen LogP contribution in [0, 0.1) is 11.3 Å². The number of amides is 5. The van der Waals surface area contributed by atoms with E-state index < -0.39 is 53.3 Å². The summed E-state index contributed by atoms with van der Waals surface area (Å²) >= 11 is 0. The summed E-state index contributed by atoms with van der Waals surface area (Å²) in [4.78, 5) is 75.9. The fourth-order valence-corrected chi connectivity index (χ4v) is 8.15. The predicted molar refractivity (Wildman–Crippen MR) is 190 cm³/mol. The maximum absolute atomic E-state index is 14.2. The van der Waals surface area contributed by atoms with Crippen LogP contribution in [-0.4, -0.2) is 68.9 Å². The van der Waals surface area contributed by atoms with E-state index in [2.05, 4.69) is 21.0 Å². The second-order valence-corrected chi connectivity index (χ2v) is 15.3. The van der Waals surface area contributed by atoms with E-state index in [1.807, 2.05) is 13.8 Å². The van der Waals surface area contributed by atoms with Crippen molar-refractivity contribution in [1.82, 2.24) is 20.0 Å². The molecule has 0 bridgehead atoms. The lowest BCUT2D eigenvalue weighted by molar-refractivity contribution is -0.142. The minimum Gasteiger partial charge on any atom is -0.446 e. The number of aromatic nitrogens is 2. The summed E-state index contributed by atoms with van der Waals surface area (Å²) in [6.07, 6.45) is -2.84. The molecule has 290 valence electrons. The van der Waals surface area contributed by atoms with Crippen molar-refractivity contribution in [1.29, 1.82) is 0 Å². The lowest BCUT2D eigenvalue weighted by atomic mass is 9.68. The van der Waals surface area contributed by atoms with E-state index in [1.54, 1.807) is 24.3 Å². The van der Waals surface area contributed by atoms with E-state index in [9.17, 15) is 41.9 Å². The number of rotatable bonds is 8. The number of ether oxygens (including phenoxy) is 1. The number of nitrogens with zero attached hydrogens (tertiary/aromatic N) is 3. The maximum Gasteiger partial charge on any atom is 0.435 e. The van der Waals surface area contributed by atoms with E-state index in [4.69, 9.17) is 10.5 Å². The summed E-state index contributed by atoms with van der Waals surface area (Å²) < 4.78 is 49.5. The van der Waals surface area contributed by atoms with Crippen LogP contribution < -0.4 is 21.7 Å². The van der Waals surface area contributed by atoms with Gasteiger partial charge in [0.1, 0.15) is 18.4 Å². The monoisotopic (exact) mass is 763 g/mol. The number of halogens is 3. The summed E-state index contributed by atoms with van der Waals surface area (Å²) in [6, 6.07) is 8.36. The Kier molecular flexibility index (Phi) is 9.67. The molecular formula is C38H40F3N7O7. The molecule has 3 heterocycles. The van der Waals surface area contributed by atoms with Gasteiger partial charge in [-0.05, 0) is 80.7 Å². The van der Waals surface area contributed by atoms with Crippen molar-refractivity contribution in [3.8, 4) is 5.69 Å². The van der Waals surface area contributed by atoms with E-state index >= 15 is 0 Å². The van der Waals surface area contributed by atoms with Crippen molar-refractivity contribution in [3.63, 3.8) is 0 Å². The molecule has 2 atom stereocenters. The Labute approximate surface area is 313 Å². The minimum atomic E-state index is -4.74. The van der Waals surface area contributed by atoms with Gasteiger partial charge in [-0.15, -0.1) is 0 Å². The van der Waals surface area contributed by atoms with Crippen molar-refractivity contribution in [2.75, 3.05) is 10.6 Å². The zero-order valence-electron chi connectivity index (χ0n) is 30.1. The first-order chi connectivity index (χ1) is 26.0. The van der Waals surface area contributed by atoms with E-state index in [0.29, 0.717) is 65.9 Å². The molecule has 1 aromatic heterocycles. The van der Waals surface area contributed by atoms with Crippen LogP contribution in [-0.2, 0) is 44.7 Å². The molecule has 3 aromatic rings. The fourth-order valence-electron chi connectivity index (χ4n) is 8.15. The van der Waals surface area contributed by atoms with Gasteiger partial charge < -0.3 is 25.5 Å². The number of aldehydes is 1. The summed E-state index contributed by atoms with van der Waals surface area (Å²) in [5, 5.41) is 12.3. The van der Waals surface area contributed by atoms with Crippen LogP contribution in [0.2, 0.25) is 0 Å². The third-order valence-electron chi connectivity index (χ3n) is 11.2. The molecule has 14 nitrogen and oxygen atoms in total. The molecule has 2 aliphatic carbocycles. The highest BCUT2D eigenvalue weighted by Gasteiger charge is 2.46. The van der Waals surface area contributed by atoms with Crippen molar-refractivity contribution in [2.45, 2.75) is 96.1 Å². The van der Waals surface area contributed by atoms with Crippen LogP contribution in [0.15, 0.2) is 36.4 Å². The van der Waals surface area contributed by atoms with Gasteiger partial charge in [0, 0.05) is 58.7 Å². The predicted octanol–water partition coefficient (Wildman–Crippen LogP) is 4.66. The molecule has 0 radical (unpaired) electrons. The van der Waals surface area contributed by atoms with Gasteiger partial charge in [0.15, 0.2) is 5.69 Å². The molecule has 0 spiro atoms. The molecule has 2 aromatic carbocycles. The number of benzene rings is 2. The number of anilines is 2. The highest BCUT2D eigenvalue weighted by atomic mass is 19.4. The highest BCUT2D eigenvalue weighted by molar-refractivity contribution is 6.06. The highest BCUT2D eigenvalue weighted by Crippen LogP contribution is 2.44. The van der Waals surface area contributed by atoms with Gasteiger partial charge in [-0.25, -0.2) is 9.48 Å². The number of piperidine rings is 1. The summed E-state index contributed by atoms with van der Waals surface area (Å²) in [5.74, 6) is -2.64. The van der Waals surface area contributed by atoms with E-state index in [1.165, 1.54) is 21.7 Å². The maximum atomic E-state index is 14.2. The van der Waals surface area contributed by atoms with Gasteiger partial charge in [0.25, 0.3) is 11.8 Å². The largest absolute Gasteiger partial charge is 0.446 e. The van der Waals surface area contributed by atoms with E-state index in [-0.39, 0.29) is 61.2 Å². The Hall–Kier alpha value is -5.74. The number of alkyl halides is 3. The molecule has 5 N–H and O–H groups in total. The average Bonchev–Trinajstić information content (AvgIpc) is 3.66. The van der Waals surface area contributed by atoms with Crippen LogP contribution in [0.5, 0.6) is 0 Å². The van der Waals surface area contributed by atoms with Crippen molar-refractivity contribution in [2.24, 2.45) is 17.1 Å². The molecule has 1 saturated heterocycles. The number of hydrogen-bond acceptors (Lipinski definition) is 9. The van der Waals surface area contributed by atoms with Gasteiger partial charge in [-0.3, -0.25) is 29.8 Å². The smallest absolute Gasteiger partial charge is 0.435 e. The molecule has 17 heteroatoms. The van der Waals surface area contributed by atoms with Crippen LogP contribution >= 0.6 is 0 Å². The minimum absolute atomic E-state index is 0.0147. The second kappa shape index (κ2) is 14.2. The standard InChI is InChI=1S/C38H40F3N7O7/c1-37(2)16-30-25(14-19(37)18-49)32(38(39,40)41)46-48(30)21-8-11-24(33(42)51)28(15-21)43-20-6-9-22(10-7-20)55-36(54)44-27-5-3-4-23-26(27)17-47(35(23)53)29-12-13-31(50)45-34(29)52/h3-5,8,11,15,18-20,22,29,43H,6-7,9-10,12-14,16-17H2,1-2H3,(H2,42,51)(H,44,54)(H,45,50,52). The first kappa shape index (κ1) is 37.6. The van der Waals surface area contributed by atoms with Gasteiger partial charge >= 0.3 is 12.3 Å². The summed E-state index contributed by atoms with van der Waals surface area (Å²) in [5.41, 5.74) is 6.38. The number of carbonyl (C=O) groups is 6. The molecule has 2 unspecified atom stereocenters. The van der Waals surface area contributed by atoms with Gasteiger partial charge in [0.2, 0.25) is 11.8 Å². The van der Waals surface area contributed by atoms with Crippen LogP contribution in [0.4, 0.5) is 29.3 Å². The quantitative estimate of drug-likeness (QED) is 0.186. The van der Waals surface area contributed by atoms with E-state index in [0.717, 1.165) is 0 Å². The molecule has 7 rings (SSSR count). The zero-order valence-corrected chi connectivity index (χ0v) is 30.1. The van der Waals surface area contributed by atoms with Gasteiger partial charge in [0.05, 0.1) is 11.3 Å². The first-order valence-corrected chi connectivity index (χ1v) is 18.1. The number of imide groups is 1. The molecule has 5 amide bonds. The Morgan fingerprint density at radius 1 is 1.04 bits per heavy atom. The fraction of sp³-hybridized carbons (Fsp3) is 0.447. The molecule has 4 aliphatic rings. The molecular weight excluding hydrogens is 723 g/mol. The lowest BCUT2D eigenvalue weighted by Crippen LogP contribution is -2.52. The Morgan fingerprint density at radius 2 is 1.78 bits per heavy atom. The number of primary amides is 1. The zero-order chi connectivity index (χ0) is 39.4. The van der Waals surface area contributed by atoms with Crippen LogP contribution in [0.25, 0.3) is 5.69 Å². The number of fused-ring (bicyclic) bond motifs is 2. The Balaban J connectivity index is 1.01. The summed E-state index contributed by atoms with van der Waals surface area (Å²) in [7, 11) is 0. The number of nitrogens with two attached hydrogens (primary N) is 1. The number of hydrogen-bond donors (Lipinski definition) is 4. The third-order valence-corrected chi connectivity index (χ3v) is 11.2. The topological polar surface area (TPSA) is 195 Å².